The number of quaternary nitrogens is 1. The first kappa shape index (κ1) is 52.7. The smallest absolute Gasteiger partial charge is 0.306 e. The highest BCUT2D eigenvalue weighted by atomic mass is 31.2. The summed E-state index contributed by atoms with van der Waals surface area (Å²) in [6.45, 7) is 3.91. The van der Waals surface area contributed by atoms with Crippen molar-refractivity contribution in [2.24, 2.45) is 0 Å². The van der Waals surface area contributed by atoms with Crippen molar-refractivity contribution >= 4 is 19.8 Å². The van der Waals surface area contributed by atoms with Crippen molar-refractivity contribution < 1.29 is 47.2 Å². The fourth-order valence-electron chi connectivity index (χ4n) is 5.25. The Kier molecular flexibility index (Phi) is 34.5. The molecule has 10 nitrogen and oxygen atoms in total. The van der Waals surface area contributed by atoms with Gasteiger partial charge >= 0.3 is 11.9 Å². The van der Waals surface area contributed by atoms with Crippen LogP contribution in [0, 0.1) is 0 Å². The maximum atomic E-state index is 12.6. The number of aliphatic hydroxyl groups excluding tert-OH is 1. The van der Waals surface area contributed by atoms with Gasteiger partial charge in [-0.1, -0.05) is 126 Å². The Labute approximate surface area is 335 Å². The molecular weight excluding hydrogens is 717 g/mol. The molecule has 0 aliphatic carbocycles. The lowest BCUT2D eigenvalue weighted by atomic mass is 10.1. The van der Waals surface area contributed by atoms with Crippen LogP contribution in [0.4, 0.5) is 0 Å². The number of hydrogen-bond donors (Lipinski definition) is 1. The summed E-state index contributed by atoms with van der Waals surface area (Å²) in [5.41, 5.74) is 0. The van der Waals surface area contributed by atoms with Gasteiger partial charge in [0.1, 0.15) is 19.8 Å². The highest BCUT2D eigenvalue weighted by Crippen LogP contribution is 2.38. The van der Waals surface area contributed by atoms with Gasteiger partial charge in [0.2, 0.25) is 0 Å². The number of likely N-dealkylation sites (N-methyl/N-ethyl adjacent to an activating group) is 1. The van der Waals surface area contributed by atoms with Crippen LogP contribution in [0.1, 0.15) is 149 Å². The molecule has 0 aliphatic rings. The number of carbonyl (C=O) groups is 2. The predicted octanol–water partition coefficient (Wildman–Crippen LogP) is 10.0. The molecule has 0 aromatic carbocycles. The first-order valence-corrected chi connectivity index (χ1v) is 22.6. The van der Waals surface area contributed by atoms with Gasteiger partial charge < -0.3 is 33.0 Å². The number of hydrogen-bond acceptors (Lipinski definition) is 9. The van der Waals surface area contributed by atoms with Crippen LogP contribution in [0.3, 0.4) is 0 Å². The van der Waals surface area contributed by atoms with Gasteiger partial charge in [0.05, 0.1) is 33.9 Å². The summed E-state index contributed by atoms with van der Waals surface area (Å²) in [6.07, 6.45) is 38.6. The quantitative estimate of drug-likeness (QED) is 0.0163. The molecule has 0 aromatic rings. The summed E-state index contributed by atoms with van der Waals surface area (Å²) in [5.74, 6) is -0.910. The van der Waals surface area contributed by atoms with Gasteiger partial charge in [0.15, 0.2) is 6.10 Å². The van der Waals surface area contributed by atoms with E-state index in [9.17, 15) is 24.2 Å². The van der Waals surface area contributed by atoms with Crippen molar-refractivity contribution in [2.45, 2.75) is 161 Å². The van der Waals surface area contributed by atoms with Gasteiger partial charge in [-0.05, 0) is 70.6 Å². The summed E-state index contributed by atoms with van der Waals surface area (Å²) in [4.78, 5) is 37.5. The molecule has 0 saturated carbocycles. The number of unbranched alkanes of at least 4 members (excludes halogenated alkanes) is 13. The Balaban J connectivity index is 4.49. The van der Waals surface area contributed by atoms with E-state index in [2.05, 4.69) is 44.2 Å². The lowest BCUT2D eigenvalue weighted by Gasteiger charge is -2.28. The minimum absolute atomic E-state index is 0.0486. The van der Waals surface area contributed by atoms with E-state index in [0.717, 1.165) is 83.5 Å². The van der Waals surface area contributed by atoms with Gasteiger partial charge in [-0.3, -0.25) is 14.2 Å². The van der Waals surface area contributed by atoms with Crippen molar-refractivity contribution in [3.05, 3.63) is 60.8 Å². The van der Waals surface area contributed by atoms with Crippen molar-refractivity contribution in [1.82, 2.24) is 0 Å². The first-order chi connectivity index (χ1) is 26.4. The molecule has 3 atom stereocenters. The minimum atomic E-state index is -4.65. The third-order valence-electron chi connectivity index (χ3n) is 8.60. The number of phosphoric ester groups is 1. The zero-order chi connectivity index (χ0) is 40.9. The van der Waals surface area contributed by atoms with Crippen molar-refractivity contribution in [3.8, 4) is 0 Å². The molecule has 11 heteroatoms. The Morgan fingerprint density at radius 1 is 0.691 bits per heavy atom. The molecule has 0 amide bonds. The predicted molar refractivity (Wildman–Crippen MR) is 223 cm³/mol. The average molecular weight is 796 g/mol. The van der Waals surface area contributed by atoms with E-state index in [0.29, 0.717) is 30.3 Å². The Morgan fingerprint density at radius 3 is 1.89 bits per heavy atom. The van der Waals surface area contributed by atoms with Crippen LogP contribution in [0.5, 0.6) is 0 Å². The molecule has 2 unspecified atom stereocenters. The topological polar surface area (TPSA) is 131 Å². The average Bonchev–Trinajstić information content (AvgIpc) is 3.12. The standard InChI is InChI=1S/C44H78NO9P/c1-6-8-10-11-12-13-14-15-16-17-18-21-25-28-32-36-44(48)54-42(40-53-55(49,50)52-38-37-45(3,4)5)39-51-43(47)35-31-27-24-22-19-20-23-26-30-34-41(46)33-29-9-7-2/h9,12-13,15-16,23,26,29-30,34,41-42,46H,6-8,10-11,14,17-22,24-25,27-28,31-33,35-40H2,1-5H3/b13-12-,16-15-,26-23+,29-9+,34-30+/t41?,42-/m1/s1. The maximum Gasteiger partial charge on any atom is 0.306 e. The Bertz CT molecular complexity index is 1140. The number of esters is 2. The van der Waals surface area contributed by atoms with Crippen LogP contribution in [0.25, 0.3) is 0 Å². The molecule has 55 heavy (non-hydrogen) atoms. The fraction of sp³-hybridized carbons (Fsp3) is 0.727. The molecule has 0 aromatic heterocycles. The van der Waals surface area contributed by atoms with Crippen LogP contribution in [-0.2, 0) is 32.7 Å². The van der Waals surface area contributed by atoms with Crippen molar-refractivity contribution in [1.29, 1.82) is 0 Å². The maximum absolute atomic E-state index is 12.6. The Hall–Kier alpha value is -2.33. The molecule has 318 valence electrons. The summed E-state index contributed by atoms with van der Waals surface area (Å²) in [5, 5.41) is 9.87. The molecule has 0 saturated heterocycles. The monoisotopic (exact) mass is 796 g/mol. The van der Waals surface area contributed by atoms with E-state index < -0.39 is 38.6 Å². The van der Waals surface area contributed by atoms with Crippen LogP contribution >= 0.6 is 7.82 Å². The van der Waals surface area contributed by atoms with E-state index in [4.69, 9.17) is 18.5 Å². The normalized spacial score (nSPS) is 14.8. The number of aliphatic hydroxyl groups is 1. The third-order valence-corrected chi connectivity index (χ3v) is 9.57. The molecule has 0 spiro atoms. The lowest BCUT2D eigenvalue weighted by molar-refractivity contribution is -0.870. The van der Waals surface area contributed by atoms with Crippen LogP contribution in [0.2, 0.25) is 0 Å². The lowest BCUT2D eigenvalue weighted by Crippen LogP contribution is -2.37. The second-order valence-electron chi connectivity index (χ2n) is 15.2. The number of allylic oxidation sites excluding steroid dienone is 8. The SMILES string of the molecule is CC/C=C/CC(O)/C=C/C=C/CCCCCCCC(=O)OC[C@H](COP(=O)([O-])OCC[N+](C)(C)C)OC(=O)CCCCCCC/C=C\C/C=C\CCCCC. The number of rotatable bonds is 37. The third kappa shape index (κ3) is 39.7. The van der Waals surface area contributed by atoms with Crippen molar-refractivity contribution in [3.63, 3.8) is 0 Å². The molecule has 0 fully saturated rings. The minimum Gasteiger partial charge on any atom is -0.756 e. The zero-order valence-electron chi connectivity index (χ0n) is 35.2. The largest absolute Gasteiger partial charge is 0.756 e. The summed E-state index contributed by atoms with van der Waals surface area (Å²) >= 11 is 0. The molecule has 0 bridgehead atoms. The second-order valence-corrected chi connectivity index (χ2v) is 16.6. The fourth-order valence-corrected chi connectivity index (χ4v) is 5.98. The van der Waals surface area contributed by atoms with Gasteiger partial charge in [-0.25, -0.2) is 0 Å². The van der Waals surface area contributed by atoms with Gasteiger partial charge in [0.25, 0.3) is 7.82 Å². The van der Waals surface area contributed by atoms with E-state index in [1.807, 2.05) is 45.4 Å². The van der Waals surface area contributed by atoms with Crippen LogP contribution in [-0.4, -0.2) is 81.2 Å². The summed E-state index contributed by atoms with van der Waals surface area (Å²) < 4.78 is 33.8. The number of carbonyl (C=O) groups excluding carboxylic acids is 2. The molecule has 0 radical (unpaired) electrons. The van der Waals surface area contributed by atoms with Crippen LogP contribution < -0.4 is 4.89 Å². The van der Waals surface area contributed by atoms with Gasteiger partial charge in [-0.2, -0.15) is 0 Å². The number of ether oxygens (including phenoxy) is 2. The van der Waals surface area contributed by atoms with E-state index in [-0.39, 0.29) is 26.1 Å². The van der Waals surface area contributed by atoms with Crippen molar-refractivity contribution in [2.75, 3.05) is 47.5 Å². The molecule has 1 N–H and O–H groups in total. The number of nitrogens with zero attached hydrogens (tertiary/aromatic N) is 1. The summed E-state index contributed by atoms with van der Waals surface area (Å²) in [7, 11) is 1.10. The molecule has 0 heterocycles. The summed E-state index contributed by atoms with van der Waals surface area (Å²) in [6, 6.07) is 0. The van der Waals surface area contributed by atoms with Gasteiger partial charge in [0, 0.05) is 12.8 Å². The first-order valence-electron chi connectivity index (χ1n) is 21.1. The zero-order valence-corrected chi connectivity index (χ0v) is 36.1. The molecule has 0 rings (SSSR count). The van der Waals surface area contributed by atoms with E-state index in [1.165, 1.54) is 19.3 Å². The molecular formula is C44H78NO9P. The van der Waals surface area contributed by atoms with Crippen LogP contribution in [0.15, 0.2) is 60.8 Å². The Morgan fingerprint density at radius 2 is 1.27 bits per heavy atom. The second kappa shape index (κ2) is 36.0. The van der Waals surface area contributed by atoms with Gasteiger partial charge in [-0.15, -0.1) is 0 Å². The molecule has 0 aliphatic heterocycles. The number of phosphoric acid groups is 1. The highest BCUT2D eigenvalue weighted by molar-refractivity contribution is 7.45. The van der Waals surface area contributed by atoms with E-state index in [1.54, 1.807) is 6.08 Å². The van der Waals surface area contributed by atoms with E-state index >= 15 is 0 Å². The highest BCUT2D eigenvalue weighted by Gasteiger charge is 2.21.